The van der Waals surface area contributed by atoms with Gasteiger partial charge in [0.15, 0.2) is 5.82 Å². The van der Waals surface area contributed by atoms with Crippen LogP contribution in [0.2, 0.25) is 0 Å². The fourth-order valence-corrected chi connectivity index (χ4v) is 4.66. The Morgan fingerprint density at radius 3 is 2.77 bits per heavy atom. The molecule has 0 amide bonds. The molecule has 0 saturated carbocycles. The van der Waals surface area contributed by atoms with Crippen molar-refractivity contribution in [2.75, 3.05) is 13.1 Å². The van der Waals surface area contributed by atoms with E-state index < -0.39 is 10.0 Å². The Morgan fingerprint density at radius 2 is 2.00 bits per heavy atom. The van der Waals surface area contributed by atoms with Gasteiger partial charge in [0, 0.05) is 31.4 Å². The molecule has 3 aromatic rings. The number of benzene rings is 1. The highest BCUT2D eigenvalue weighted by molar-refractivity contribution is 7.88. The Labute approximate surface area is 151 Å². The van der Waals surface area contributed by atoms with Crippen molar-refractivity contribution in [3.8, 4) is 11.5 Å². The van der Waals surface area contributed by atoms with E-state index in [4.69, 9.17) is 4.52 Å². The van der Waals surface area contributed by atoms with E-state index >= 15 is 0 Å². The molecule has 1 aromatic carbocycles. The number of pyridine rings is 1. The van der Waals surface area contributed by atoms with E-state index in [2.05, 4.69) is 15.1 Å². The minimum Gasteiger partial charge on any atom is -0.334 e. The van der Waals surface area contributed by atoms with Crippen LogP contribution >= 0.6 is 0 Å². The molecule has 1 unspecified atom stereocenters. The molecular formula is C18H18N4O3S. The first-order chi connectivity index (χ1) is 12.6. The topological polar surface area (TPSA) is 89.2 Å². The predicted octanol–water partition coefficient (Wildman–Crippen LogP) is 2.45. The van der Waals surface area contributed by atoms with Gasteiger partial charge in [-0.15, -0.1) is 0 Å². The van der Waals surface area contributed by atoms with Crippen molar-refractivity contribution in [1.29, 1.82) is 0 Å². The summed E-state index contributed by atoms with van der Waals surface area (Å²) in [7, 11) is -3.36. The van der Waals surface area contributed by atoms with Crippen LogP contribution in [-0.2, 0) is 15.8 Å². The molecule has 4 rings (SSSR count). The summed E-state index contributed by atoms with van der Waals surface area (Å²) in [5.74, 6) is 0.892. The number of nitrogens with zero attached hydrogens (tertiary/aromatic N) is 4. The van der Waals surface area contributed by atoms with Crippen LogP contribution in [0.1, 0.15) is 23.7 Å². The van der Waals surface area contributed by atoms with Crippen LogP contribution in [0.5, 0.6) is 0 Å². The summed E-state index contributed by atoms with van der Waals surface area (Å²) >= 11 is 0. The molecule has 7 nitrogen and oxygen atoms in total. The molecular weight excluding hydrogens is 352 g/mol. The molecule has 8 heteroatoms. The quantitative estimate of drug-likeness (QED) is 0.685. The molecule has 1 fully saturated rings. The zero-order valence-electron chi connectivity index (χ0n) is 14.0. The molecule has 1 atom stereocenters. The van der Waals surface area contributed by atoms with Crippen LogP contribution in [0.3, 0.4) is 0 Å². The van der Waals surface area contributed by atoms with E-state index in [1.54, 1.807) is 18.5 Å². The summed E-state index contributed by atoms with van der Waals surface area (Å²) < 4.78 is 32.1. The Kier molecular flexibility index (Phi) is 4.52. The normalized spacial score (nSPS) is 18.2. The van der Waals surface area contributed by atoms with Crippen LogP contribution in [0.4, 0.5) is 0 Å². The molecule has 0 bridgehead atoms. The molecule has 1 aliphatic rings. The minimum absolute atomic E-state index is 0.00768. The van der Waals surface area contributed by atoms with Gasteiger partial charge in [0.05, 0.1) is 11.3 Å². The van der Waals surface area contributed by atoms with Gasteiger partial charge in [-0.2, -0.15) is 4.98 Å². The number of hydrogen-bond acceptors (Lipinski definition) is 6. The predicted molar refractivity (Wildman–Crippen MR) is 95.5 cm³/mol. The molecule has 134 valence electrons. The van der Waals surface area contributed by atoms with E-state index in [1.165, 1.54) is 4.31 Å². The summed E-state index contributed by atoms with van der Waals surface area (Å²) in [6.45, 7) is 0.845. The summed E-state index contributed by atoms with van der Waals surface area (Å²) in [5.41, 5.74) is 1.53. The SMILES string of the molecule is O=S(=O)(Cc1ccccc1)N1CCC(c2noc(-c3cccnc3)n2)C1. The fraction of sp³-hybridized carbons (Fsp3) is 0.278. The third-order valence-electron chi connectivity index (χ3n) is 4.45. The van der Waals surface area contributed by atoms with Gasteiger partial charge in [-0.1, -0.05) is 35.5 Å². The molecule has 0 radical (unpaired) electrons. The molecule has 26 heavy (non-hydrogen) atoms. The molecule has 2 aromatic heterocycles. The average Bonchev–Trinajstić information content (AvgIpc) is 3.33. The van der Waals surface area contributed by atoms with Crippen LogP contribution in [0.15, 0.2) is 59.4 Å². The third-order valence-corrected chi connectivity index (χ3v) is 6.27. The maximum absolute atomic E-state index is 12.7. The summed E-state index contributed by atoms with van der Waals surface area (Å²) in [6, 6.07) is 12.9. The minimum atomic E-state index is -3.36. The maximum Gasteiger partial charge on any atom is 0.259 e. The molecule has 1 saturated heterocycles. The van der Waals surface area contributed by atoms with Gasteiger partial charge in [0.1, 0.15) is 0 Å². The van der Waals surface area contributed by atoms with Crippen molar-refractivity contribution in [2.24, 2.45) is 0 Å². The monoisotopic (exact) mass is 370 g/mol. The van der Waals surface area contributed by atoms with Crippen LogP contribution < -0.4 is 0 Å². The number of hydrogen-bond donors (Lipinski definition) is 0. The smallest absolute Gasteiger partial charge is 0.259 e. The molecule has 0 spiro atoms. The van der Waals surface area contributed by atoms with Gasteiger partial charge in [0.25, 0.3) is 5.89 Å². The van der Waals surface area contributed by atoms with Gasteiger partial charge >= 0.3 is 0 Å². The second kappa shape index (κ2) is 6.97. The van der Waals surface area contributed by atoms with Crippen molar-refractivity contribution < 1.29 is 12.9 Å². The first-order valence-corrected chi connectivity index (χ1v) is 9.98. The first-order valence-electron chi connectivity index (χ1n) is 8.37. The summed E-state index contributed by atoms with van der Waals surface area (Å²) in [4.78, 5) is 8.46. The van der Waals surface area contributed by atoms with Gasteiger partial charge < -0.3 is 4.52 Å². The second-order valence-electron chi connectivity index (χ2n) is 6.28. The largest absolute Gasteiger partial charge is 0.334 e. The zero-order chi connectivity index (χ0) is 18.0. The van der Waals surface area contributed by atoms with E-state index in [0.717, 1.165) is 11.1 Å². The molecule has 0 N–H and O–H groups in total. The third kappa shape index (κ3) is 3.51. The maximum atomic E-state index is 12.7. The van der Waals surface area contributed by atoms with E-state index in [0.29, 0.717) is 31.2 Å². The fourth-order valence-electron chi connectivity index (χ4n) is 3.07. The number of sulfonamides is 1. The standard InChI is InChI=1S/C18H18N4O3S/c23-26(24,13-14-5-2-1-3-6-14)22-10-8-16(12-22)17-20-18(25-21-17)15-7-4-9-19-11-15/h1-7,9,11,16H,8,10,12-13H2. The highest BCUT2D eigenvalue weighted by Gasteiger charge is 2.34. The lowest BCUT2D eigenvalue weighted by molar-refractivity contribution is 0.414. The van der Waals surface area contributed by atoms with E-state index in [-0.39, 0.29) is 11.7 Å². The Morgan fingerprint density at radius 1 is 1.15 bits per heavy atom. The number of rotatable bonds is 5. The van der Waals surface area contributed by atoms with Crippen molar-refractivity contribution >= 4 is 10.0 Å². The zero-order valence-corrected chi connectivity index (χ0v) is 14.8. The van der Waals surface area contributed by atoms with Crippen molar-refractivity contribution in [1.82, 2.24) is 19.4 Å². The molecule has 3 heterocycles. The molecule has 1 aliphatic heterocycles. The number of aromatic nitrogens is 3. The Hall–Kier alpha value is -2.58. The highest BCUT2D eigenvalue weighted by atomic mass is 32.2. The highest BCUT2D eigenvalue weighted by Crippen LogP contribution is 2.29. The van der Waals surface area contributed by atoms with Gasteiger partial charge in [0.2, 0.25) is 10.0 Å². The lowest BCUT2D eigenvalue weighted by Gasteiger charge is -2.16. The van der Waals surface area contributed by atoms with Gasteiger partial charge in [-0.25, -0.2) is 12.7 Å². The Bertz CT molecular complexity index is 974. The van der Waals surface area contributed by atoms with Crippen molar-refractivity contribution in [2.45, 2.75) is 18.1 Å². The average molecular weight is 370 g/mol. The first kappa shape index (κ1) is 16.9. The molecule has 0 aliphatic carbocycles. The van der Waals surface area contributed by atoms with E-state index in [9.17, 15) is 8.42 Å². The van der Waals surface area contributed by atoms with E-state index in [1.807, 2.05) is 36.4 Å². The summed E-state index contributed by atoms with van der Waals surface area (Å²) in [5, 5.41) is 4.04. The lowest BCUT2D eigenvalue weighted by Crippen LogP contribution is -2.29. The van der Waals surface area contributed by atoms with Crippen LogP contribution in [0.25, 0.3) is 11.5 Å². The van der Waals surface area contributed by atoms with Crippen molar-refractivity contribution in [3.05, 3.63) is 66.2 Å². The van der Waals surface area contributed by atoms with Gasteiger partial charge in [-0.05, 0) is 24.1 Å². The van der Waals surface area contributed by atoms with Crippen LogP contribution in [0, 0.1) is 0 Å². The van der Waals surface area contributed by atoms with Crippen molar-refractivity contribution in [3.63, 3.8) is 0 Å². The van der Waals surface area contributed by atoms with Crippen LogP contribution in [-0.4, -0.2) is 40.9 Å². The van der Waals surface area contributed by atoms with Gasteiger partial charge in [-0.3, -0.25) is 4.98 Å². The Balaban J connectivity index is 1.46. The second-order valence-corrected chi connectivity index (χ2v) is 8.25. The lowest BCUT2D eigenvalue weighted by atomic mass is 10.1. The summed E-state index contributed by atoms with van der Waals surface area (Å²) in [6.07, 6.45) is 4.01.